The molecule has 62 valence electrons. The van der Waals surface area contributed by atoms with Crippen LogP contribution in [0.25, 0.3) is 11.1 Å². The molecule has 0 saturated carbocycles. The molecule has 12 heavy (non-hydrogen) atoms. The molecule has 0 radical (unpaired) electrons. The molecular formula is C10H12NO+. The predicted molar refractivity (Wildman–Crippen MR) is 46.8 cm³/mol. The summed E-state index contributed by atoms with van der Waals surface area (Å²) in [6.07, 6.45) is 0.936. The molecule has 0 fully saturated rings. The number of benzene rings is 1. The molecule has 2 aromatic rings. The van der Waals surface area contributed by atoms with Crippen LogP contribution in [-0.2, 0) is 13.5 Å². The number of rotatable bonds is 1. The average Bonchev–Trinajstić information content (AvgIpc) is 2.44. The van der Waals surface area contributed by atoms with E-state index in [1.807, 2.05) is 25.2 Å². The Balaban J connectivity index is 2.78. The number of aryl methyl sites for hydroxylation is 2. The summed E-state index contributed by atoms with van der Waals surface area (Å²) in [5.41, 5.74) is 2.13. The van der Waals surface area contributed by atoms with Crippen LogP contribution in [0.2, 0.25) is 0 Å². The summed E-state index contributed by atoms with van der Waals surface area (Å²) in [6, 6.07) is 8.08. The van der Waals surface area contributed by atoms with Gasteiger partial charge in [0.25, 0.3) is 5.52 Å². The number of oxazole rings is 1. The van der Waals surface area contributed by atoms with Crippen molar-refractivity contribution < 1.29 is 8.98 Å². The Morgan fingerprint density at radius 1 is 1.33 bits per heavy atom. The van der Waals surface area contributed by atoms with E-state index in [9.17, 15) is 0 Å². The minimum Gasteiger partial charge on any atom is -0.401 e. The number of aromatic nitrogens is 1. The Morgan fingerprint density at radius 3 is 2.75 bits per heavy atom. The van der Waals surface area contributed by atoms with Gasteiger partial charge < -0.3 is 4.42 Å². The monoisotopic (exact) mass is 162 g/mol. The molecule has 2 nitrogen and oxygen atoms in total. The van der Waals surface area contributed by atoms with E-state index in [-0.39, 0.29) is 0 Å². The third kappa shape index (κ3) is 0.916. The Bertz CT molecular complexity index is 403. The highest BCUT2D eigenvalue weighted by molar-refractivity contribution is 5.68. The van der Waals surface area contributed by atoms with Crippen molar-refractivity contribution in [3.63, 3.8) is 0 Å². The van der Waals surface area contributed by atoms with Gasteiger partial charge in [-0.1, -0.05) is 19.1 Å². The third-order valence-corrected chi connectivity index (χ3v) is 2.13. The molecule has 0 atom stereocenters. The van der Waals surface area contributed by atoms with Gasteiger partial charge in [0.15, 0.2) is 0 Å². The van der Waals surface area contributed by atoms with Crippen molar-refractivity contribution >= 4 is 11.1 Å². The van der Waals surface area contributed by atoms with Crippen LogP contribution in [0.1, 0.15) is 12.8 Å². The van der Waals surface area contributed by atoms with Crippen LogP contribution in [0.5, 0.6) is 0 Å². The highest BCUT2D eigenvalue weighted by atomic mass is 16.3. The van der Waals surface area contributed by atoms with Crippen LogP contribution in [0.4, 0.5) is 0 Å². The fourth-order valence-corrected chi connectivity index (χ4v) is 1.46. The van der Waals surface area contributed by atoms with Crippen molar-refractivity contribution in [3.05, 3.63) is 30.2 Å². The minimum absolute atomic E-state index is 0.936. The molecule has 1 aromatic carbocycles. The molecule has 0 N–H and O–H groups in total. The first-order chi connectivity index (χ1) is 5.83. The van der Waals surface area contributed by atoms with E-state index in [0.717, 1.165) is 23.4 Å². The van der Waals surface area contributed by atoms with E-state index in [1.54, 1.807) is 0 Å². The second-order valence-electron chi connectivity index (χ2n) is 2.88. The highest BCUT2D eigenvalue weighted by Gasteiger charge is 2.15. The molecule has 0 unspecified atom stereocenters. The summed E-state index contributed by atoms with van der Waals surface area (Å²) in [7, 11) is 2.03. The van der Waals surface area contributed by atoms with Crippen LogP contribution in [-0.4, -0.2) is 0 Å². The summed E-state index contributed by atoms with van der Waals surface area (Å²) in [6.45, 7) is 2.09. The molecule has 0 bridgehead atoms. The maximum absolute atomic E-state index is 5.61. The average molecular weight is 162 g/mol. The standard InChI is InChI=1S/C10H12NO/c1-3-10-11(2)8-6-4-5-7-9(8)12-10/h4-7H,3H2,1-2H3/q+1. The van der Waals surface area contributed by atoms with E-state index < -0.39 is 0 Å². The van der Waals surface area contributed by atoms with Crippen molar-refractivity contribution in [1.29, 1.82) is 0 Å². The molecule has 0 aliphatic carbocycles. The smallest absolute Gasteiger partial charge is 0.347 e. The van der Waals surface area contributed by atoms with Crippen molar-refractivity contribution in [3.8, 4) is 0 Å². The van der Waals surface area contributed by atoms with Gasteiger partial charge >= 0.3 is 5.89 Å². The molecule has 1 heterocycles. The molecule has 2 rings (SSSR count). The minimum atomic E-state index is 0.936. The van der Waals surface area contributed by atoms with Crippen LogP contribution in [0.3, 0.4) is 0 Å². The molecule has 0 aliphatic heterocycles. The van der Waals surface area contributed by atoms with Crippen LogP contribution in [0.15, 0.2) is 28.7 Å². The van der Waals surface area contributed by atoms with E-state index in [4.69, 9.17) is 4.42 Å². The van der Waals surface area contributed by atoms with Gasteiger partial charge in [-0.3, -0.25) is 0 Å². The summed E-state index contributed by atoms with van der Waals surface area (Å²) >= 11 is 0. The van der Waals surface area contributed by atoms with Crippen LogP contribution in [0, 0.1) is 0 Å². The van der Waals surface area contributed by atoms with Gasteiger partial charge in [-0.2, -0.15) is 4.57 Å². The zero-order valence-corrected chi connectivity index (χ0v) is 7.37. The van der Waals surface area contributed by atoms with Gasteiger partial charge in [0.1, 0.15) is 7.05 Å². The molecule has 2 heteroatoms. The van der Waals surface area contributed by atoms with Gasteiger partial charge in [-0.05, 0) is 6.07 Å². The Kier molecular flexibility index (Phi) is 1.61. The Hall–Kier alpha value is -1.31. The second-order valence-corrected chi connectivity index (χ2v) is 2.88. The van der Waals surface area contributed by atoms with Gasteiger partial charge in [0, 0.05) is 6.07 Å². The van der Waals surface area contributed by atoms with Crippen molar-refractivity contribution in [2.75, 3.05) is 0 Å². The normalized spacial score (nSPS) is 10.8. The van der Waals surface area contributed by atoms with Crippen LogP contribution >= 0.6 is 0 Å². The molecule has 0 saturated heterocycles. The molecular weight excluding hydrogens is 150 g/mol. The summed E-state index contributed by atoms with van der Waals surface area (Å²) < 4.78 is 7.70. The van der Waals surface area contributed by atoms with E-state index in [2.05, 4.69) is 17.6 Å². The lowest BCUT2D eigenvalue weighted by molar-refractivity contribution is -0.658. The van der Waals surface area contributed by atoms with E-state index in [1.165, 1.54) is 0 Å². The lowest BCUT2D eigenvalue weighted by Gasteiger charge is -1.82. The molecule has 0 aliphatic rings. The lowest BCUT2D eigenvalue weighted by atomic mass is 10.3. The zero-order valence-electron chi connectivity index (χ0n) is 7.37. The fraction of sp³-hybridized carbons (Fsp3) is 0.300. The Labute approximate surface area is 71.4 Å². The SMILES string of the molecule is CCc1oc2ccccc2[n+]1C. The van der Waals surface area contributed by atoms with Gasteiger partial charge in [0.2, 0.25) is 5.58 Å². The van der Waals surface area contributed by atoms with Crippen molar-refractivity contribution in [1.82, 2.24) is 0 Å². The van der Waals surface area contributed by atoms with E-state index in [0.29, 0.717) is 0 Å². The molecule has 0 amide bonds. The quantitative estimate of drug-likeness (QED) is 0.584. The summed E-state index contributed by atoms with van der Waals surface area (Å²) in [5.74, 6) is 1.02. The van der Waals surface area contributed by atoms with Crippen molar-refractivity contribution in [2.24, 2.45) is 7.05 Å². The first kappa shape index (κ1) is 7.35. The first-order valence-corrected chi connectivity index (χ1v) is 4.19. The predicted octanol–water partition coefficient (Wildman–Crippen LogP) is 1.82. The number of hydrogen-bond donors (Lipinski definition) is 0. The highest BCUT2D eigenvalue weighted by Crippen LogP contribution is 2.12. The summed E-state index contributed by atoms with van der Waals surface area (Å²) in [5, 5.41) is 0. The topological polar surface area (TPSA) is 17.0 Å². The van der Waals surface area contributed by atoms with Gasteiger partial charge in [-0.15, -0.1) is 0 Å². The zero-order chi connectivity index (χ0) is 8.55. The second kappa shape index (κ2) is 2.63. The maximum atomic E-state index is 5.61. The van der Waals surface area contributed by atoms with E-state index >= 15 is 0 Å². The van der Waals surface area contributed by atoms with Gasteiger partial charge in [0.05, 0.1) is 6.42 Å². The molecule has 0 spiro atoms. The maximum Gasteiger partial charge on any atom is 0.347 e. The fourth-order valence-electron chi connectivity index (χ4n) is 1.46. The number of para-hydroxylation sites is 2. The number of hydrogen-bond acceptors (Lipinski definition) is 1. The first-order valence-electron chi connectivity index (χ1n) is 4.19. The van der Waals surface area contributed by atoms with Gasteiger partial charge in [-0.25, -0.2) is 0 Å². The largest absolute Gasteiger partial charge is 0.401 e. The molecule has 1 aromatic heterocycles. The Morgan fingerprint density at radius 2 is 2.08 bits per heavy atom. The lowest BCUT2D eigenvalue weighted by Crippen LogP contribution is -2.30. The number of nitrogens with zero attached hydrogens (tertiary/aromatic N) is 1. The summed E-state index contributed by atoms with van der Waals surface area (Å²) in [4.78, 5) is 0. The number of fused-ring (bicyclic) bond motifs is 1. The third-order valence-electron chi connectivity index (χ3n) is 2.13. The van der Waals surface area contributed by atoms with Crippen LogP contribution < -0.4 is 4.57 Å². The van der Waals surface area contributed by atoms with Crippen molar-refractivity contribution in [2.45, 2.75) is 13.3 Å².